The first-order valence-corrected chi connectivity index (χ1v) is 12.5. The maximum atomic E-state index is 13.8. The monoisotopic (exact) mass is 531 g/mol. The largest absolute Gasteiger partial charge is 0.322 e. The lowest BCUT2D eigenvalue weighted by atomic mass is 10.2. The second kappa shape index (κ2) is 11.0. The number of carbonyl (C=O) groups is 2. The summed E-state index contributed by atoms with van der Waals surface area (Å²) in [6.07, 6.45) is 0. The van der Waals surface area contributed by atoms with Gasteiger partial charge in [0.1, 0.15) is 5.82 Å². The van der Waals surface area contributed by atoms with Gasteiger partial charge in [-0.2, -0.15) is 0 Å². The third-order valence-electron chi connectivity index (χ3n) is 4.54. The first-order chi connectivity index (χ1) is 16.4. The molecule has 2 amide bonds. The van der Waals surface area contributed by atoms with E-state index >= 15 is 0 Å². The maximum absolute atomic E-state index is 13.8. The van der Waals surface area contributed by atoms with Crippen LogP contribution in [0.4, 0.5) is 15.2 Å². The lowest BCUT2D eigenvalue weighted by Crippen LogP contribution is -2.14. The number of benzene rings is 3. The van der Waals surface area contributed by atoms with E-state index in [1.807, 2.05) is 6.07 Å². The van der Waals surface area contributed by atoms with E-state index in [2.05, 4.69) is 15.6 Å². The van der Waals surface area contributed by atoms with Gasteiger partial charge in [0, 0.05) is 26.5 Å². The molecule has 0 unspecified atom stereocenters. The fourth-order valence-corrected chi connectivity index (χ4v) is 4.95. The number of hydrogen-bond donors (Lipinski definition) is 2. The normalized spacial score (nSPS) is 10.7. The van der Waals surface area contributed by atoms with E-state index in [0.717, 1.165) is 10.5 Å². The highest BCUT2D eigenvalue weighted by molar-refractivity contribution is 8.00. The summed E-state index contributed by atoms with van der Waals surface area (Å²) in [5.41, 5.74) is 1.84. The Bertz CT molecular complexity index is 1360. The van der Waals surface area contributed by atoms with Gasteiger partial charge in [-0.05, 0) is 48.5 Å². The van der Waals surface area contributed by atoms with Gasteiger partial charge in [-0.15, -0.1) is 23.1 Å². The van der Waals surface area contributed by atoms with E-state index in [-0.39, 0.29) is 17.2 Å². The molecule has 2 N–H and O–H groups in total. The van der Waals surface area contributed by atoms with Gasteiger partial charge in [0.2, 0.25) is 5.91 Å². The second-order valence-corrected chi connectivity index (χ2v) is 9.71. The number of nitrogens with zero attached hydrogens (tertiary/aromatic N) is 1. The molecule has 3 aromatic carbocycles. The smallest absolute Gasteiger partial charge is 0.258 e. The first kappa shape index (κ1) is 24.2. The molecule has 0 saturated carbocycles. The Morgan fingerprint density at radius 1 is 1.00 bits per heavy atom. The fraction of sp³-hybridized carbons (Fsp3) is 0.0417. The summed E-state index contributed by atoms with van der Waals surface area (Å²) < 4.78 is 13.8. The van der Waals surface area contributed by atoms with Gasteiger partial charge in [0.25, 0.3) is 5.91 Å². The Balaban J connectivity index is 1.33. The Morgan fingerprint density at radius 2 is 1.82 bits per heavy atom. The van der Waals surface area contributed by atoms with Gasteiger partial charge in [0.05, 0.1) is 22.0 Å². The molecule has 0 saturated heterocycles. The molecule has 0 spiro atoms. The van der Waals surface area contributed by atoms with Gasteiger partial charge in [0.15, 0.2) is 5.13 Å². The third kappa shape index (κ3) is 6.15. The molecule has 0 aliphatic heterocycles. The molecule has 0 aliphatic carbocycles. The van der Waals surface area contributed by atoms with Crippen molar-refractivity contribution in [2.45, 2.75) is 4.90 Å². The van der Waals surface area contributed by atoms with Crippen LogP contribution in [-0.4, -0.2) is 22.6 Å². The summed E-state index contributed by atoms with van der Waals surface area (Å²) in [6.45, 7) is 0. The van der Waals surface area contributed by atoms with Crippen molar-refractivity contribution >= 4 is 68.9 Å². The van der Waals surface area contributed by atoms with Crippen LogP contribution in [0.5, 0.6) is 0 Å². The molecule has 4 aromatic rings. The van der Waals surface area contributed by atoms with Crippen molar-refractivity contribution in [3.8, 4) is 11.3 Å². The van der Waals surface area contributed by atoms with Gasteiger partial charge in [-0.25, -0.2) is 9.37 Å². The zero-order valence-electron chi connectivity index (χ0n) is 17.3. The van der Waals surface area contributed by atoms with E-state index in [0.29, 0.717) is 26.6 Å². The lowest BCUT2D eigenvalue weighted by Gasteiger charge is -2.08. The van der Waals surface area contributed by atoms with Gasteiger partial charge in [-0.1, -0.05) is 41.4 Å². The minimum atomic E-state index is -0.592. The highest BCUT2D eigenvalue weighted by atomic mass is 35.5. The molecule has 0 fully saturated rings. The molecule has 34 heavy (non-hydrogen) atoms. The Hall–Kier alpha value is -2.91. The topological polar surface area (TPSA) is 71.1 Å². The van der Waals surface area contributed by atoms with Crippen molar-refractivity contribution < 1.29 is 14.0 Å². The molecule has 5 nitrogen and oxygen atoms in total. The van der Waals surface area contributed by atoms with E-state index in [4.69, 9.17) is 23.2 Å². The number of halogens is 3. The summed E-state index contributed by atoms with van der Waals surface area (Å²) in [5.74, 6) is -1.22. The van der Waals surface area contributed by atoms with Crippen molar-refractivity contribution in [2.24, 2.45) is 0 Å². The van der Waals surface area contributed by atoms with Crippen LogP contribution in [0.25, 0.3) is 11.3 Å². The summed E-state index contributed by atoms with van der Waals surface area (Å²) in [4.78, 5) is 29.9. The van der Waals surface area contributed by atoms with E-state index in [9.17, 15) is 14.0 Å². The number of hydrogen-bond acceptors (Lipinski definition) is 5. The number of carbonyl (C=O) groups excluding carboxylic acids is 2. The third-order valence-corrected chi connectivity index (χ3v) is 6.84. The minimum Gasteiger partial charge on any atom is -0.322 e. The maximum Gasteiger partial charge on any atom is 0.258 e. The molecule has 0 radical (unpaired) electrons. The molecule has 4 rings (SSSR count). The quantitative estimate of drug-likeness (QED) is 0.246. The van der Waals surface area contributed by atoms with Crippen molar-refractivity contribution in [3.63, 3.8) is 0 Å². The number of rotatable bonds is 7. The van der Waals surface area contributed by atoms with Gasteiger partial charge >= 0.3 is 0 Å². The van der Waals surface area contributed by atoms with Crippen LogP contribution in [-0.2, 0) is 4.79 Å². The predicted molar refractivity (Wildman–Crippen MR) is 138 cm³/mol. The lowest BCUT2D eigenvalue weighted by molar-refractivity contribution is -0.113. The van der Waals surface area contributed by atoms with Crippen LogP contribution in [0.2, 0.25) is 10.0 Å². The molecule has 10 heteroatoms. The van der Waals surface area contributed by atoms with Gasteiger partial charge < -0.3 is 10.6 Å². The number of aromatic nitrogens is 1. The van der Waals surface area contributed by atoms with E-state index < -0.39 is 11.7 Å². The number of thioether (sulfide) groups is 1. The van der Waals surface area contributed by atoms with Crippen LogP contribution < -0.4 is 10.6 Å². The molecule has 0 bridgehead atoms. The number of amides is 2. The molecular formula is C24H16Cl2FN3O2S2. The van der Waals surface area contributed by atoms with Crippen LogP contribution in [0.3, 0.4) is 0 Å². The Kier molecular flexibility index (Phi) is 7.84. The Morgan fingerprint density at radius 3 is 2.62 bits per heavy atom. The molecule has 1 aromatic heterocycles. The van der Waals surface area contributed by atoms with Crippen LogP contribution in [0.15, 0.2) is 77.0 Å². The predicted octanol–water partition coefficient (Wildman–Crippen LogP) is 7.24. The molecule has 0 aliphatic rings. The molecule has 1 heterocycles. The average molecular weight is 532 g/mol. The highest BCUT2D eigenvalue weighted by Crippen LogP contribution is 2.32. The molecular weight excluding hydrogens is 516 g/mol. The van der Waals surface area contributed by atoms with E-state index in [1.54, 1.807) is 47.8 Å². The SMILES string of the molecule is O=C(CSc1cccc(NC(=O)c2ccccc2F)c1)Nc1nc(-c2ccc(Cl)cc2Cl)cs1. The van der Waals surface area contributed by atoms with Crippen LogP contribution >= 0.6 is 46.3 Å². The standard InChI is InChI=1S/C24H16Cl2FN3O2S2/c25-14-8-9-17(19(26)10-14)21-12-34-24(29-21)30-22(31)13-33-16-5-3-4-15(11-16)28-23(32)18-6-1-2-7-20(18)27/h1-12H,13H2,(H,28,32)(H,29,30,31). The zero-order chi connectivity index (χ0) is 24.1. The minimum absolute atomic E-state index is 0.0392. The number of nitrogens with one attached hydrogen (secondary N) is 2. The van der Waals surface area contributed by atoms with Crippen molar-refractivity contribution in [2.75, 3.05) is 16.4 Å². The zero-order valence-corrected chi connectivity index (χ0v) is 20.5. The molecule has 0 atom stereocenters. The first-order valence-electron chi connectivity index (χ1n) is 9.88. The van der Waals surface area contributed by atoms with E-state index in [1.165, 1.54) is 41.3 Å². The van der Waals surface area contributed by atoms with Gasteiger partial charge in [-0.3, -0.25) is 9.59 Å². The van der Waals surface area contributed by atoms with Crippen molar-refractivity contribution in [1.82, 2.24) is 4.98 Å². The summed E-state index contributed by atoms with van der Waals surface area (Å²) in [6, 6.07) is 17.9. The highest BCUT2D eigenvalue weighted by Gasteiger charge is 2.13. The summed E-state index contributed by atoms with van der Waals surface area (Å²) in [7, 11) is 0. The summed E-state index contributed by atoms with van der Waals surface area (Å²) >= 11 is 14.8. The number of thiazole rings is 1. The van der Waals surface area contributed by atoms with Crippen molar-refractivity contribution in [3.05, 3.63) is 93.5 Å². The molecule has 172 valence electrons. The van der Waals surface area contributed by atoms with Crippen LogP contribution in [0, 0.1) is 5.82 Å². The number of anilines is 2. The fourth-order valence-electron chi connectivity index (χ4n) is 2.96. The van der Waals surface area contributed by atoms with Crippen molar-refractivity contribution in [1.29, 1.82) is 0 Å². The summed E-state index contributed by atoms with van der Waals surface area (Å²) in [5, 5.41) is 8.72. The van der Waals surface area contributed by atoms with Crippen LogP contribution in [0.1, 0.15) is 10.4 Å². The second-order valence-electron chi connectivity index (χ2n) is 6.96. The Labute approximate surface area is 213 Å². The average Bonchev–Trinajstić information content (AvgIpc) is 3.26.